The number of para-hydroxylation sites is 1. The van der Waals surface area contributed by atoms with Crippen molar-refractivity contribution in [1.82, 2.24) is 4.98 Å². The topological polar surface area (TPSA) is 36.4 Å². The second-order valence-electron chi connectivity index (χ2n) is 6.96. The number of pyridine rings is 1. The van der Waals surface area contributed by atoms with Gasteiger partial charge in [-0.25, -0.2) is 4.98 Å². The van der Waals surface area contributed by atoms with E-state index in [-0.39, 0.29) is 5.91 Å². The summed E-state index contributed by atoms with van der Waals surface area (Å²) in [6, 6.07) is 12.1. The van der Waals surface area contributed by atoms with Gasteiger partial charge in [0.25, 0.3) is 5.91 Å². The highest BCUT2D eigenvalue weighted by Crippen LogP contribution is 2.30. The van der Waals surface area contributed by atoms with Crippen LogP contribution in [0.4, 0.5) is 11.5 Å². The molecular weight excluding hydrogens is 310 g/mol. The third kappa shape index (κ3) is 3.26. The molecule has 4 heteroatoms. The number of rotatable bonds is 2. The average molecular weight is 335 g/mol. The van der Waals surface area contributed by atoms with Crippen LogP contribution in [0.25, 0.3) is 0 Å². The summed E-state index contributed by atoms with van der Waals surface area (Å²) in [5.41, 5.74) is 3.06. The summed E-state index contributed by atoms with van der Waals surface area (Å²) in [5.74, 6) is 0.942. The lowest BCUT2D eigenvalue weighted by atomic mass is 10.0. The van der Waals surface area contributed by atoms with E-state index in [0.717, 1.165) is 49.5 Å². The van der Waals surface area contributed by atoms with Gasteiger partial charge < -0.3 is 9.80 Å². The maximum Gasteiger partial charge on any atom is 0.262 e. The Balaban J connectivity index is 1.67. The van der Waals surface area contributed by atoms with Crippen LogP contribution in [-0.4, -0.2) is 30.5 Å². The molecule has 0 N–H and O–H groups in total. The molecule has 1 amide bonds. The van der Waals surface area contributed by atoms with Gasteiger partial charge in [0.15, 0.2) is 0 Å². The maximum absolute atomic E-state index is 13.4. The van der Waals surface area contributed by atoms with Crippen LogP contribution in [0.15, 0.2) is 42.6 Å². The van der Waals surface area contributed by atoms with Crippen LogP contribution in [0, 0.1) is 0 Å². The van der Waals surface area contributed by atoms with E-state index in [1.807, 2.05) is 23.1 Å². The Labute approximate surface area is 149 Å². The van der Waals surface area contributed by atoms with Crippen LogP contribution in [0.5, 0.6) is 0 Å². The van der Waals surface area contributed by atoms with Gasteiger partial charge in [-0.15, -0.1) is 0 Å². The molecule has 2 aromatic rings. The zero-order valence-electron chi connectivity index (χ0n) is 14.7. The minimum absolute atomic E-state index is 0.0829. The summed E-state index contributed by atoms with van der Waals surface area (Å²) in [5, 5.41) is 0. The smallest absolute Gasteiger partial charge is 0.262 e. The Bertz CT molecular complexity index is 750. The molecule has 0 unspecified atom stereocenters. The first-order chi connectivity index (χ1) is 12.3. The molecule has 0 spiro atoms. The Morgan fingerprint density at radius 1 is 0.880 bits per heavy atom. The number of aromatic nitrogens is 1. The molecule has 0 radical (unpaired) electrons. The minimum Gasteiger partial charge on any atom is -0.356 e. The fraction of sp³-hybridized carbons (Fsp3) is 0.429. The van der Waals surface area contributed by atoms with Crippen LogP contribution >= 0.6 is 0 Å². The zero-order valence-corrected chi connectivity index (χ0v) is 14.7. The van der Waals surface area contributed by atoms with Crippen LogP contribution < -0.4 is 9.80 Å². The molecule has 2 aliphatic rings. The van der Waals surface area contributed by atoms with Crippen molar-refractivity contribution >= 4 is 17.4 Å². The molecule has 3 heterocycles. The van der Waals surface area contributed by atoms with E-state index in [0.29, 0.717) is 0 Å². The molecule has 130 valence electrons. The highest BCUT2D eigenvalue weighted by atomic mass is 16.2. The number of anilines is 2. The van der Waals surface area contributed by atoms with Gasteiger partial charge in [0, 0.05) is 31.5 Å². The first kappa shape index (κ1) is 16.1. The van der Waals surface area contributed by atoms with Crippen LogP contribution in [0.3, 0.4) is 0 Å². The van der Waals surface area contributed by atoms with Crippen molar-refractivity contribution in [2.24, 2.45) is 0 Å². The third-order valence-electron chi connectivity index (χ3n) is 5.28. The van der Waals surface area contributed by atoms with Crippen molar-refractivity contribution in [3.8, 4) is 0 Å². The summed E-state index contributed by atoms with van der Waals surface area (Å²) in [6.45, 7) is 2.77. The Kier molecular flexibility index (Phi) is 4.68. The summed E-state index contributed by atoms with van der Waals surface area (Å²) < 4.78 is 0. The minimum atomic E-state index is 0.0829. The summed E-state index contributed by atoms with van der Waals surface area (Å²) in [6.07, 6.45) is 8.76. The number of nitrogens with zero attached hydrogens (tertiary/aromatic N) is 3. The van der Waals surface area contributed by atoms with Crippen LogP contribution in [0.1, 0.15) is 48.0 Å². The number of fused-ring (bicyclic) bond motifs is 1. The van der Waals surface area contributed by atoms with Crippen molar-refractivity contribution in [3.05, 3.63) is 53.7 Å². The molecule has 4 nitrogen and oxygen atoms in total. The zero-order chi connectivity index (χ0) is 17.1. The summed E-state index contributed by atoms with van der Waals surface area (Å²) in [4.78, 5) is 22.2. The molecule has 1 saturated heterocycles. The first-order valence-electron chi connectivity index (χ1n) is 9.44. The molecule has 2 aliphatic heterocycles. The highest BCUT2D eigenvalue weighted by Gasteiger charge is 2.27. The maximum atomic E-state index is 13.4. The molecule has 0 aliphatic carbocycles. The van der Waals surface area contributed by atoms with E-state index in [2.05, 4.69) is 28.1 Å². The monoisotopic (exact) mass is 335 g/mol. The van der Waals surface area contributed by atoms with Gasteiger partial charge in [0.05, 0.1) is 5.56 Å². The normalized spacial score (nSPS) is 17.8. The van der Waals surface area contributed by atoms with Gasteiger partial charge in [-0.3, -0.25) is 4.79 Å². The molecule has 1 fully saturated rings. The number of hydrogen-bond donors (Lipinski definition) is 0. The molecule has 4 rings (SSSR count). The number of hydrogen-bond acceptors (Lipinski definition) is 3. The van der Waals surface area contributed by atoms with E-state index in [1.54, 1.807) is 6.20 Å². The third-order valence-corrected chi connectivity index (χ3v) is 5.28. The first-order valence-corrected chi connectivity index (χ1v) is 9.44. The predicted octanol–water partition coefficient (Wildman–Crippen LogP) is 4.06. The van der Waals surface area contributed by atoms with E-state index in [9.17, 15) is 4.79 Å². The largest absolute Gasteiger partial charge is 0.356 e. The van der Waals surface area contributed by atoms with Crippen molar-refractivity contribution in [2.45, 2.75) is 38.5 Å². The number of carbonyl (C=O) groups excluding carboxylic acids is 1. The molecule has 0 saturated carbocycles. The Morgan fingerprint density at radius 3 is 2.52 bits per heavy atom. The number of carbonyl (C=O) groups is 1. The fourth-order valence-corrected chi connectivity index (χ4v) is 3.99. The molecule has 0 atom stereocenters. The summed E-state index contributed by atoms with van der Waals surface area (Å²) >= 11 is 0. The Morgan fingerprint density at radius 2 is 1.68 bits per heavy atom. The lowest BCUT2D eigenvalue weighted by Gasteiger charge is -2.31. The van der Waals surface area contributed by atoms with Gasteiger partial charge in [-0.1, -0.05) is 31.0 Å². The molecule has 25 heavy (non-hydrogen) atoms. The molecular formula is C21H25N3O. The second kappa shape index (κ2) is 7.26. The molecule has 1 aromatic carbocycles. The quantitative estimate of drug-likeness (QED) is 0.830. The molecule has 1 aromatic heterocycles. The fourth-order valence-electron chi connectivity index (χ4n) is 3.99. The lowest BCUT2D eigenvalue weighted by molar-refractivity contribution is 0.0985. The highest BCUT2D eigenvalue weighted by molar-refractivity contribution is 6.09. The number of benzene rings is 1. The van der Waals surface area contributed by atoms with Gasteiger partial charge in [0.1, 0.15) is 5.82 Å². The van der Waals surface area contributed by atoms with Crippen LogP contribution in [-0.2, 0) is 6.42 Å². The molecule has 0 bridgehead atoms. The number of amides is 1. The van der Waals surface area contributed by atoms with Gasteiger partial charge in [0.2, 0.25) is 0 Å². The van der Waals surface area contributed by atoms with E-state index in [4.69, 9.17) is 0 Å². The van der Waals surface area contributed by atoms with Crippen LogP contribution in [0.2, 0.25) is 0 Å². The SMILES string of the molecule is O=C(c1cccnc1N1CCCCCC1)N1CCCc2ccccc21. The van der Waals surface area contributed by atoms with Crippen molar-refractivity contribution in [2.75, 3.05) is 29.4 Å². The standard InChI is InChI=1S/C21H25N3O/c25-21(24-16-8-10-17-9-3-4-12-19(17)24)18-11-7-13-22-20(18)23-14-5-1-2-6-15-23/h3-4,7,9,11-13H,1-2,5-6,8,10,14-16H2. The van der Waals surface area contributed by atoms with Crippen molar-refractivity contribution in [3.63, 3.8) is 0 Å². The van der Waals surface area contributed by atoms with Crippen molar-refractivity contribution < 1.29 is 4.79 Å². The second-order valence-corrected chi connectivity index (χ2v) is 6.96. The van der Waals surface area contributed by atoms with Gasteiger partial charge in [-0.2, -0.15) is 0 Å². The van der Waals surface area contributed by atoms with Gasteiger partial charge >= 0.3 is 0 Å². The van der Waals surface area contributed by atoms with E-state index >= 15 is 0 Å². The summed E-state index contributed by atoms with van der Waals surface area (Å²) in [7, 11) is 0. The number of aryl methyl sites for hydroxylation is 1. The van der Waals surface area contributed by atoms with E-state index in [1.165, 1.54) is 31.2 Å². The van der Waals surface area contributed by atoms with E-state index < -0.39 is 0 Å². The van der Waals surface area contributed by atoms with Gasteiger partial charge in [-0.05, 0) is 49.4 Å². The predicted molar refractivity (Wildman–Crippen MR) is 101 cm³/mol. The Hall–Kier alpha value is -2.36. The lowest BCUT2D eigenvalue weighted by Crippen LogP contribution is -2.37. The van der Waals surface area contributed by atoms with Crippen molar-refractivity contribution in [1.29, 1.82) is 0 Å². The average Bonchev–Trinajstić information content (AvgIpc) is 2.96.